The van der Waals surface area contributed by atoms with Gasteiger partial charge in [0.15, 0.2) is 12.4 Å². The summed E-state index contributed by atoms with van der Waals surface area (Å²) < 4.78 is 22.8. The number of unbranched alkanes of at least 4 members (excludes halogenated alkanes) is 36. The van der Waals surface area contributed by atoms with Crippen molar-refractivity contribution in [3.63, 3.8) is 0 Å². The molecular formula is C78H137NO8. The smallest absolute Gasteiger partial charge is 0.306 e. The number of hydrogen-bond acceptors (Lipinski definition) is 8. The van der Waals surface area contributed by atoms with Gasteiger partial charge in [0.1, 0.15) is 13.2 Å². The van der Waals surface area contributed by atoms with Crippen molar-refractivity contribution < 1.29 is 42.9 Å². The Labute approximate surface area is 537 Å². The van der Waals surface area contributed by atoms with Crippen LogP contribution in [-0.2, 0) is 33.3 Å². The summed E-state index contributed by atoms with van der Waals surface area (Å²) in [7, 11) is 5.94. The van der Waals surface area contributed by atoms with Gasteiger partial charge in [-0.3, -0.25) is 9.59 Å². The molecule has 0 bridgehead atoms. The zero-order valence-corrected chi connectivity index (χ0v) is 57.4. The number of nitrogens with zero attached hydrogens (tertiary/aromatic N) is 1. The fourth-order valence-corrected chi connectivity index (χ4v) is 10.3. The molecule has 0 saturated carbocycles. The summed E-state index contributed by atoms with van der Waals surface area (Å²) in [6, 6.07) is 0. The number of allylic oxidation sites excluding steroid dienone is 16. The van der Waals surface area contributed by atoms with Crippen molar-refractivity contribution in [1.82, 2.24) is 0 Å². The maximum Gasteiger partial charge on any atom is 0.306 e. The topological polar surface area (TPSA) is 111 Å². The second-order valence-corrected chi connectivity index (χ2v) is 25.5. The molecule has 0 N–H and O–H groups in total. The van der Waals surface area contributed by atoms with Crippen LogP contribution in [0.15, 0.2) is 97.2 Å². The number of ether oxygens (including phenoxy) is 4. The number of carbonyl (C=O) groups excluding carboxylic acids is 3. The van der Waals surface area contributed by atoms with E-state index in [2.05, 4.69) is 111 Å². The summed E-state index contributed by atoms with van der Waals surface area (Å²) in [6.45, 7) is 4.66. The van der Waals surface area contributed by atoms with Crippen LogP contribution >= 0.6 is 0 Å². The molecule has 2 unspecified atom stereocenters. The van der Waals surface area contributed by atoms with Gasteiger partial charge in [0.05, 0.1) is 40.3 Å². The lowest BCUT2D eigenvalue weighted by Gasteiger charge is -2.26. The highest BCUT2D eigenvalue weighted by Crippen LogP contribution is 2.18. The minimum absolute atomic E-state index is 0.146. The molecule has 2 atom stereocenters. The molecule has 9 heteroatoms. The summed E-state index contributed by atoms with van der Waals surface area (Å²) in [5.41, 5.74) is 0. The van der Waals surface area contributed by atoms with Crippen LogP contribution in [0.4, 0.5) is 0 Å². The zero-order valence-electron chi connectivity index (χ0n) is 57.4. The number of hydrogen-bond donors (Lipinski definition) is 0. The van der Waals surface area contributed by atoms with E-state index in [4.69, 9.17) is 18.9 Å². The highest BCUT2D eigenvalue weighted by molar-refractivity contribution is 5.70. The Morgan fingerprint density at radius 3 is 0.977 bits per heavy atom. The van der Waals surface area contributed by atoms with E-state index < -0.39 is 24.3 Å². The number of rotatable bonds is 67. The van der Waals surface area contributed by atoms with Gasteiger partial charge in [-0.2, -0.15) is 0 Å². The molecule has 0 spiro atoms. The van der Waals surface area contributed by atoms with E-state index in [1.165, 1.54) is 212 Å². The summed E-state index contributed by atoms with van der Waals surface area (Å²) in [4.78, 5) is 37.5. The van der Waals surface area contributed by atoms with Crippen molar-refractivity contribution in [2.75, 3.05) is 47.5 Å². The molecule has 0 aliphatic carbocycles. The van der Waals surface area contributed by atoms with Crippen LogP contribution in [0.3, 0.4) is 0 Å². The number of likely N-dealkylation sites (N-methyl/N-ethyl adjacent to an activating group) is 1. The van der Waals surface area contributed by atoms with E-state index in [1.54, 1.807) is 0 Å². The number of carboxylic acids is 1. The Bertz CT molecular complexity index is 1750. The first-order chi connectivity index (χ1) is 42.6. The predicted octanol–water partition coefficient (Wildman–Crippen LogP) is 21.5. The zero-order chi connectivity index (χ0) is 63.3. The third-order valence-electron chi connectivity index (χ3n) is 15.8. The summed E-state index contributed by atoms with van der Waals surface area (Å²) in [5.74, 6) is -2.27. The van der Waals surface area contributed by atoms with Crippen LogP contribution in [0, 0.1) is 0 Å². The number of carboxylic acid groups (broad SMARTS) is 1. The van der Waals surface area contributed by atoms with Crippen molar-refractivity contribution >= 4 is 17.9 Å². The Morgan fingerprint density at radius 2 is 0.655 bits per heavy atom. The molecule has 87 heavy (non-hydrogen) atoms. The van der Waals surface area contributed by atoms with Crippen LogP contribution in [0.5, 0.6) is 0 Å². The second kappa shape index (κ2) is 68.1. The number of quaternary nitrogens is 1. The van der Waals surface area contributed by atoms with Crippen molar-refractivity contribution in [3.8, 4) is 0 Å². The molecule has 0 amide bonds. The molecule has 0 saturated heterocycles. The van der Waals surface area contributed by atoms with Crippen molar-refractivity contribution in [1.29, 1.82) is 0 Å². The minimum atomic E-state index is -1.62. The number of esters is 2. The van der Waals surface area contributed by atoms with Gasteiger partial charge in [-0.05, 0) is 96.3 Å². The van der Waals surface area contributed by atoms with Crippen LogP contribution < -0.4 is 5.11 Å². The molecular weight excluding hydrogens is 1080 g/mol. The lowest BCUT2D eigenvalue weighted by molar-refractivity contribution is -0.870. The maximum atomic E-state index is 12.9. The average molecular weight is 1220 g/mol. The first kappa shape index (κ1) is 83.2. The third kappa shape index (κ3) is 69.5. The Hall–Kier alpha value is -3.79. The van der Waals surface area contributed by atoms with Gasteiger partial charge in [0.25, 0.3) is 0 Å². The molecule has 0 aliphatic heterocycles. The van der Waals surface area contributed by atoms with Gasteiger partial charge in [-0.15, -0.1) is 0 Å². The molecule has 0 radical (unpaired) electrons. The minimum Gasteiger partial charge on any atom is -0.545 e. The first-order valence-corrected chi connectivity index (χ1v) is 36.4. The molecule has 0 aromatic rings. The Balaban J connectivity index is 4.04. The van der Waals surface area contributed by atoms with E-state index in [9.17, 15) is 19.5 Å². The van der Waals surface area contributed by atoms with Crippen LogP contribution in [0.2, 0.25) is 0 Å². The van der Waals surface area contributed by atoms with Crippen molar-refractivity contribution in [2.24, 2.45) is 0 Å². The van der Waals surface area contributed by atoms with Gasteiger partial charge >= 0.3 is 11.9 Å². The standard InChI is InChI=1S/C78H137NO8/c1-6-8-10-12-14-16-18-20-22-24-26-28-30-31-32-33-34-35-36-37-38-39-40-41-42-43-44-45-47-49-51-53-55-57-59-61-63-65-67-69-76(81)87-74(73-86-78(77(82)83)84-71-70-79(3,4)5)72-85-75(80)68-66-64-62-60-58-56-54-52-50-48-46-29-27-25-23-21-19-17-15-13-11-9-7-2/h8,10,14,16,19-22,25-28,31-32,34-35,74,78H,6-7,9,11-13,15,17-18,23-24,29-30,33,36-73H2,1-5H3/b10-8-,16-14-,21-19-,22-20-,27-25-,28-26-,32-31-,35-34-. The van der Waals surface area contributed by atoms with Crippen LogP contribution in [-0.4, -0.2) is 82.3 Å². The van der Waals surface area contributed by atoms with Gasteiger partial charge < -0.3 is 33.3 Å². The van der Waals surface area contributed by atoms with E-state index in [-0.39, 0.29) is 38.6 Å². The van der Waals surface area contributed by atoms with Crippen molar-refractivity contribution in [2.45, 2.75) is 334 Å². The molecule has 0 heterocycles. The lowest BCUT2D eigenvalue weighted by Crippen LogP contribution is -2.44. The largest absolute Gasteiger partial charge is 0.545 e. The molecule has 502 valence electrons. The first-order valence-electron chi connectivity index (χ1n) is 36.4. The normalized spacial score (nSPS) is 13.3. The van der Waals surface area contributed by atoms with Crippen LogP contribution in [0.1, 0.15) is 322 Å². The number of aliphatic carboxylic acids is 1. The highest BCUT2D eigenvalue weighted by Gasteiger charge is 2.22. The summed E-state index contributed by atoms with van der Waals surface area (Å²) in [6.07, 6.45) is 90.7. The fourth-order valence-electron chi connectivity index (χ4n) is 10.3. The van der Waals surface area contributed by atoms with E-state index in [1.807, 2.05) is 21.1 Å². The molecule has 0 aliphatic rings. The molecule has 9 nitrogen and oxygen atoms in total. The Kier molecular flexibility index (Phi) is 65.2. The van der Waals surface area contributed by atoms with Gasteiger partial charge in [0.2, 0.25) is 0 Å². The van der Waals surface area contributed by atoms with Crippen molar-refractivity contribution in [3.05, 3.63) is 97.2 Å². The monoisotopic (exact) mass is 1220 g/mol. The average Bonchev–Trinajstić information content (AvgIpc) is 3.55. The third-order valence-corrected chi connectivity index (χ3v) is 15.8. The number of carbonyl (C=O) groups is 3. The predicted molar refractivity (Wildman–Crippen MR) is 371 cm³/mol. The highest BCUT2D eigenvalue weighted by atomic mass is 16.7. The summed E-state index contributed by atoms with van der Waals surface area (Å²) in [5, 5.41) is 11.8. The van der Waals surface area contributed by atoms with Gasteiger partial charge in [-0.25, -0.2) is 0 Å². The van der Waals surface area contributed by atoms with E-state index >= 15 is 0 Å². The second-order valence-electron chi connectivity index (χ2n) is 25.5. The molecule has 0 aromatic carbocycles. The lowest BCUT2D eigenvalue weighted by atomic mass is 10.0. The summed E-state index contributed by atoms with van der Waals surface area (Å²) >= 11 is 0. The SMILES string of the molecule is CC/C=C\C/C=C\C/C=C\C/C=C\C/C=C\C/C=C\CCCCCCCCCCCCCCCCCCCCCCC(=O)OC(COC(=O)CCCCCCCCCCCCC/C=C\C/C=C\CCCCCCC)COC(OCC[N+](C)(C)C)C(=O)[O-]. The van der Waals surface area contributed by atoms with E-state index in [0.29, 0.717) is 17.4 Å². The molecule has 0 fully saturated rings. The quantitative estimate of drug-likeness (QED) is 0.0195. The Morgan fingerprint density at radius 1 is 0.356 bits per heavy atom. The maximum absolute atomic E-state index is 12.9. The molecule has 0 aromatic heterocycles. The molecule has 0 rings (SSSR count). The van der Waals surface area contributed by atoms with Gasteiger partial charge in [0, 0.05) is 12.8 Å². The van der Waals surface area contributed by atoms with Crippen LogP contribution in [0.25, 0.3) is 0 Å². The van der Waals surface area contributed by atoms with E-state index in [0.717, 1.165) is 77.0 Å². The van der Waals surface area contributed by atoms with Gasteiger partial charge in [-0.1, -0.05) is 310 Å². The fraction of sp³-hybridized carbons (Fsp3) is 0.756.